The highest BCUT2D eigenvalue weighted by Gasteiger charge is 2.49. The van der Waals surface area contributed by atoms with Crippen molar-refractivity contribution in [1.29, 1.82) is 0 Å². The first-order chi connectivity index (χ1) is 16.2. The fourth-order valence-corrected chi connectivity index (χ4v) is 3.79. The van der Waals surface area contributed by atoms with Crippen LogP contribution in [0, 0.1) is 0 Å². The zero-order valence-electron chi connectivity index (χ0n) is 19.1. The van der Waals surface area contributed by atoms with Gasteiger partial charge in [-0.25, -0.2) is 9.59 Å². The third-order valence-electron chi connectivity index (χ3n) is 5.71. The maximum atomic E-state index is 13.2. The Kier molecular flexibility index (Phi) is 5.93. The normalized spacial score (nSPS) is 17.4. The minimum absolute atomic E-state index is 0.309. The van der Waals surface area contributed by atoms with Gasteiger partial charge in [-0.15, -0.1) is 0 Å². The molecule has 3 aromatic rings. The molecule has 0 aromatic heterocycles. The van der Waals surface area contributed by atoms with Crippen molar-refractivity contribution in [2.45, 2.75) is 12.5 Å². The van der Waals surface area contributed by atoms with Gasteiger partial charge in [0.15, 0.2) is 0 Å². The number of benzene rings is 3. The van der Waals surface area contributed by atoms with Crippen molar-refractivity contribution >= 4 is 46.0 Å². The lowest BCUT2D eigenvalue weighted by atomic mass is 9.90. The molecule has 0 bridgehead atoms. The largest absolute Gasteiger partial charge is 0.331 e. The number of hydrogen-bond acceptors (Lipinski definition) is 4. The number of nitrogens with zero attached hydrogens (tertiary/aromatic N) is 2. The summed E-state index contributed by atoms with van der Waals surface area (Å²) in [4.78, 5) is 52.6. The van der Waals surface area contributed by atoms with Crippen molar-refractivity contribution in [3.8, 4) is 0 Å². The van der Waals surface area contributed by atoms with Gasteiger partial charge in [0.1, 0.15) is 12.1 Å². The molecule has 9 nitrogen and oxygen atoms in total. The number of amides is 6. The summed E-state index contributed by atoms with van der Waals surface area (Å²) in [7, 11) is 3.23. The predicted molar refractivity (Wildman–Crippen MR) is 129 cm³/mol. The molecule has 0 aliphatic carbocycles. The Morgan fingerprint density at radius 2 is 1.59 bits per heavy atom. The molecule has 1 heterocycles. The molecule has 9 heteroatoms. The predicted octanol–water partition coefficient (Wildman–Crippen LogP) is 3.34. The van der Waals surface area contributed by atoms with Crippen molar-refractivity contribution < 1.29 is 19.2 Å². The Morgan fingerprint density at radius 1 is 0.912 bits per heavy atom. The van der Waals surface area contributed by atoms with E-state index in [0.717, 1.165) is 15.7 Å². The van der Waals surface area contributed by atoms with Crippen LogP contribution in [-0.4, -0.2) is 54.3 Å². The van der Waals surface area contributed by atoms with Gasteiger partial charge in [-0.05, 0) is 47.5 Å². The summed E-state index contributed by atoms with van der Waals surface area (Å²) in [6, 6.07) is 18.9. The lowest BCUT2D eigenvalue weighted by Crippen LogP contribution is -2.42. The van der Waals surface area contributed by atoms with Crippen LogP contribution in [0.2, 0.25) is 0 Å². The number of rotatable bonds is 5. The van der Waals surface area contributed by atoms with Gasteiger partial charge in [0.25, 0.3) is 5.91 Å². The number of urea groups is 2. The second kappa shape index (κ2) is 8.86. The average molecular weight is 460 g/mol. The molecular weight excluding hydrogens is 434 g/mol. The molecule has 1 atom stereocenters. The molecule has 1 saturated heterocycles. The highest BCUT2D eigenvalue weighted by molar-refractivity contribution is 6.10. The topological polar surface area (TPSA) is 111 Å². The second-order valence-corrected chi connectivity index (χ2v) is 8.46. The lowest BCUT2D eigenvalue weighted by molar-refractivity contribution is -0.133. The zero-order chi connectivity index (χ0) is 24.5. The molecule has 0 spiro atoms. The fraction of sp³-hybridized carbons (Fsp3) is 0.200. The number of carbonyl (C=O) groups is 4. The third kappa shape index (κ3) is 4.40. The van der Waals surface area contributed by atoms with Gasteiger partial charge in [-0.2, -0.15) is 0 Å². The van der Waals surface area contributed by atoms with Gasteiger partial charge in [0.05, 0.1) is 0 Å². The molecule has 34 heavy (non-hydrogen) atoms. The monoisotopic (exact) mass is 459 g/mol. The molecule has 0 radical (unpaired) electrons. The van der Waals surface area contributed by atoms with E-state index in [-0.39, 0.29) is 6.03 Å². The molecule has 1 aliphatic heterocycles. The maximum absolute atomic E-state index is 13.2. The molecule has 6 amide bonds. The number of hydrogen-bond donors (Lipinski definition) is 3. The first kappa shape index (κ1) is 22.8. The van der Waals surface area contributed by atoms with E-state index < -0.39 is 29.9 Å². The van der Waals surface area contributed by atoms with E-state index in [2.05, 4.69) is 16.0 Å². The minimum atomic E-state index is -1.28. The van der Waals surface area contributed by atoms with Gasteiger partial charge in [0, 0.05) is 25.5 Å². The number of anilines is 2. The van der Waals surface area contributed by atoms with Crippen molar-refractivity contribution in [2.75, 3.05) is 31.3 Å². The van der Waals surface area contributed by atoms with Crippen LogP contribution in [0.3, 0.4) is 0 Å². The highest BCUT2D eigenvalue weighted by atomic mass is 16.2. The Labute approximate surface area is 196 Å². The summed E-state index contributed by atoms with van der Waals surface area (Å²) < 4.78 is 0. The van der Waals surface area contributed by atoms with Crippen molar-refractivity contribution in [2.24, 2.45) is 0 Å². The van der Waals surface area contributed by atoms with Crippen LogP contribution >= 0.6 is 0 Å². The van der Waals surface area contributed by atoms with Gasteiger partial charge >= 0.3 is 12.1 Å². The van der Waals surface area contributed by atoms with Crippen LogP contribution in [0.1, 0.15) is 12.5 Å². The van der Waals surface area contributed by atoms with Crippen LogP contribution in [-0.2, 0) is 15.1 Å². The standard InChI is InChI=1S/C25H25N5O4/c1-25(18-12-11-16-7-4-5-8-17(16)13-18)22(32)30(24(34)28-25)15-21(31)26-19-9-6-10-20(14-19)27-23(33)29(2)3/h4-14H,15H2,1-3H3,(H,26,31)(H,27,33)(H,28,34). The summed E-state index contributed by atoms with van der Waals surface area (Å²) in [6.07, 6.45) is 0. The molecule has 174 valence electrons. The molecule has 1 unspecified atom stereocenters. The van der Waals surface area contributed by atoms with Gasteiger partial charge in [0.2, 0.25) is 5.91 Å². The number of imide groups is 1. The molecule has 4 rings (SSSR count). The Morgan fingerprint density at radius 3 is 2.29 bits per heavy atom. The SMILES string of the molecule is CN(C)C(=O)Nc1cccc(NC(=O)CN2C(=O)NC(C)(c3ccc4ccccc4c3)C2=O)c1. The number of carbonyl (C=O) groups excluding carboxylic acids is 4. The molecular formula is C25H25N5O4. The summed E-state index contributed by atoms with van der Waals surface area (Å²) >= 11 is 0. The highest BCUT2D eigenvalue weighted by Crippen LogP contribution is 2.31. The van der Waals surface area contributed by atoms with Crippen LogP contribution in [0.5, 0.6) is 0 Å². The summed E-state index contributed by atoms with van der Waals surface area (Å²) in [5.74, 6) is -1.04. The smallest absolute Gasteiger partial charge is 0.325 e. The van der Waals surface area contributed by atoms with Gasteiger partial charge in [-0.1, -0.05) is 42.5 Å². The Hall–Kier alpha value is -4.40. The average Bonchev–Trinajstić information content (AvgIpc) is 3.02. The zero-order valence-corrected chi connectivity index (χ0v) is 19.1. The molecule has 3 aromatic carbocycles. The van der Waals surface area contributed by atoms with E-state index >= 15 is 0 Å². The summed E-state index contributed by atoms with van der Waals surface area (Å²) in [6.45, 7) is 1.19. The van der Waals surface area contributed by atoms with E-state index in [4.69, 9.17) is 0 Å². The van der Waals surface area contributed by atoms with E-state index in [0.29, 0.717) is 16.9 Å². The first-order valence-electron chi connectivity index (χ1n) is 10.7. The quantitative estimate of drug-likeness (QED) is 0.508. The first-order valence-corrected chi connectivity index (χ1v) is 10.7. The molecule has 1 aliphatic rings. The second-order valence-electron chi connectivity index (χ2n) is 8.46. The molecule has 1 fully saturated rings. The van der Waals surface area contributed by atoms with Crippen molar-refractivity contribution in [1.82, 2.24) is 15.1 Å². The third-order valence-corrected chi connectivity index (χ3v) is 5.71. The van der Waals surface area contributed by atoms with E-state index in [1.54, 1.807) is 51.4 Å². The Balaban J connectivity index is 1.47. The van der Waals surface area contributed by atoms with E-state index in [1.165, 1.54) is 4.90 Å². The summed E-state index contributed by atoms with van der Waals surface area (Å²) in [5.41, 5.74) is 0.274. The fourth-order valence-electron chi connectivity index (χ4n) is 3.79. The van der Waals surface area contributed by atoms with Crippen molar-refractivity contribution in [3.63, 3.8) is 0 Å². The van der Waals surface area contributed by atoms with Crippen LogP contribution in [0.4, 0.5) is 21.0 Å². The van der Waals surface area contributed by atoms with Gasteiger partial charge < -0.3 is 20.9 Å². The van der Waals surface area contributed by atoms with Crippen LogP contribution in [0.25, 0.3) is 10.8 Å². The van der Waals surface area contributed by atoms with Crippen molar-refractivity contribution in [3.05, 3.63) is 72.3 Å². The minimum Gasteiger partial charge on any atom is -0.331 e. The Bertz CT molecular complexity index is 1310. The summed E-state index contributed by atoms with van der Waals surface area (Å²) in [5, 5.41) is 10.0. The van der Waals surface area contributed by atoms with E-state index in [9.17, 15) is 19.2 Å². The maximum Gasteiger partial charge on any atom is 0.325 e. The molecule has 3 N–H and O–H groups in total. The van der Waals surface area contributed by atoms with Gasteiger partial charge in [-0.3, -0.25) is 14.5 Å². The van der Waals surface area contributed by atoms with Crippen LogP contribution < -0.4 is 16.0 Å². The number of nitrogens with one attached hydrogen (secondary N) is 3. The number of fused-ring (bicyclic) bond motifs is 1. The lowest BCUT2D eigenvalue weighted by Gasteiger charge is -2.22. The van der Waals surface area contributed by atoms with E-state index in [1.807, 2.05) is 36.4 Å². The van der Waals surface area contributed by atoms with Crippen LogP contribution in [0.15, 0.2) is 66.7 Å². The molecule has 0 saturated carbocycles.